The molecule has 0 spiro atoms. The van der Waals surface area contributed by atoms with Crippen LogP contribution in [0.4, 0.5) is 4.39 Å². The molecule has 2 aliphatic carbocycles. The van der Waals surface area contributed by atoms with E-state index in [2.05, 4.69) is 9.55 Å². The fraction of sp³-hybridized carbons (Fsp3) is 0.500. The average molecular weight is 288 g/mol. The molecule has 0 saturated heterocycles. The standard InChI is InChI=1S/C16H17FN2O2/c17-11-3-6-14-13(8-11)18-15(19(14)12-4-5-12)9-1-2-10(7-9)16(20)21/h3,6,8-10,12H,1-2,4-5,7H2,(H,20,21). The maximum absolute atomic E-state index is 13.4. The van der Waals surface area contributed by atoms with Crippen molar-refractivity contribution in [1.29, 1.82) is 0 Å². The Hall–Kier alpha value is -1.91. The maximum atomic E-state index is 13.4. The normalized spacial score (nSPS) is 25.6. The van der Waals surface area contributed by atoms with Gasteiger partial charge in [-0.3, -0.25) is 4.79 Å². The zero-order valence-electron chi connectivity index (χ0n) is 11.6. The summed E-state index contributed by atoms with van der Waals surface area (Å²) in [7, 11) is 0. The molecule has 1 aromatic heterocycles. The molecule has 2 unspecified atom stereocenters. The van der Waals surface area contributed by atoms with Crippen LogP contribution < -0.4 is 0 Å². The average Bonchev–Trinajstić information content (AvgIpc) is 3.02. The zero-order valence-corrected chi connectivity index (χ0v) is 11.6. The topological polar surface area (TPSA) is 55.1 Å². The molecule has 1 aromatic carbocycles. The van der Waals surface area contributed by atoms with E-state index in [-0.39, 0.29) is 17.7 Å². The Labute approximate surface area is 121 Å². The molecule has 0 radical (unpaired) electrons. The molecule has 2 aromatic rings. The molecule has 0 bridgehead atoms. The Morgan fingerprint density at radius 1 is 1.29 bits per heavy atom. The van der Waals surface area contributed by atoms with E-state index in [4.69, 9.17) is 5.11 Å². The Morgan fingerprint density at radius 2 is 2.10 bits per heavy atom. The first-order valence-electron chi connectivity index (χ1n) is 7.53. The van der Waals surface area contributed by atoms with E-state index < -0.39 is 5.97 Å². The Kier molecular flexibility index (Phi) is 2.77. The molecule has 4 rings (SSSR count). The van der Waals surface area contributed by atoms with Crippen LogP contribution in [-0.4, -0.2) is 20.6 Å². The summed E-state index contributed by atoms with van der Waals surface area (Å²) in [6, 6.07) is 5.20. The lowest BCUT2D eigenvalue weighted by Gasteiger charge is -2.13. The Bertz CT molecular complexity index is 720. The molecule has 5 heteroatoms. The first-order chi connectivity index (χ1) is 10.1. The van der Waals surface area contributed by atoms with Crippen LogP contribution in [0.25, 0.3) is 11.0 Å². The number of rotatable bonds is 3. The molecule has 2 saturated carbocycles. The van der Waals surface area contributed by atoms with E-state index in [9.17, 15) is 9.18 Å². The highest BCUT2D eigenvalue weighted by Gasteiger charge is 2.36. The van der Waals surface area contributed by atoms with Crippen LogP contribution in [0.3, 0.4) is 0 Å². The van der Waals surface area contributed by atoms with Crippen molar-refractivity contribution in [2.24, 2.45) is 5.92 Å². The highest BCUT2D eigenvalue weighted by molar-refractivity contribution is 5.77. The molecule has 0 aliphatic heterocycles. The molecule has 110 valence electrons. The summed E-state index contributed by atoms with van der Waals surface area (Å²) in [4.78, 5) is 15.8. The Balaban J connectivity index is 1.77. The summed E-state index contributed by atoms with van der Waals surface area (Å²) >= 11 is 0. The second kappa shape index (κ2) is 4.55. The van der Waals surface area contributed by atoms with Crippen LogP contribution in [0.15, 0.2) is 18.2 Å². The summed E-state index contributed by atoms with van der Waals surface area (Å²) in [6.45, 7) is 0. The summed E-state index contributed by atoms with van der Waals surface area (Å²) in [6.07, 6.45) is 4.47. The van der Waals surface area contributed by atoms with Crippen LogP contribution in [-0.2, 0) is 4.79 Å². The van der Waals surface area contributed by atoms with E-state index in [1.54, 1.807) is 6.07 Å². The smallest absolute Gasteiger partial charge is 0.306 e. The van der Waals surface area contributed by atoms with Gasteiger partial charge in [-0.15, -0.1) is 0 Å². The van der Waals surface area contributed by atoms with Gasteiger partial charge in [0.25, 0.3) is 0 Å². The van der Waals surface area contributed by atoms with Crippen LogP contribution in [0.5, 0.6) is 0 Å². The quantitative estimate of drug-likeness (QED) is 0.940. The number of hydrogen-bond donors (Lipinski definition) is 1. The van der Waals surface area contributed by atoms with Crippen molar-refractivity contribution in [3.8, 4) is 0 Å². The third-order valence-corrected chi connectivity index (χ3v) is 4.74. The number of aromatic nitrogens is 2. The van der Waals surface area contributed by atoms with Gasteiger partial charge in [0.1, 0.15) is 11.6 Å². The summed E-state index contributed by atoms with van der Waals surface area (Å²) in [5, 5.41) is 9.17. The first kappa shape index (κ1) is 12.8. The van der Waals surface area contributed by atoms with Crippen molar-refractivity contribution >= 4 is 17.0 Å². The third-order valence-electron chi connectivity index (χ3n) is 4.74. The number of nitrogens with zero attached hydrogens (tertiary/aromatic N) is 2. The maximum Gasteiger partial charge on any atom is 0.306 e. The molecule has 2 aliphatic rings. The minimum absolute atomic E-state index is 0.183. The van der Waals surface area contributed by atoms with Gasteiger partial charge in [-0.05, 0) is 44.2 Å². The van der Waals surface area contributed by atoms with Gasteiger partial charge in [0, 0.05) is 18.0 Å². The lowest BCUT2D eigenvalue weighted by Crippen LogP contribution is -2.11. The number of imidazole rings is 1. The predicted octanol–water partition coefficient (Wildman–Crippen LogP) is 3.48. The van der Waals surface area contributed by atoms with Crippen LogP contribution >= 0.6 is 0 Å². The second-order valence-electron chi connectivity index (χ2n) is 6.25. The van der Waals surface area contributed by atoms with Crippen molar-refractivity contribution < 1.29 is 14.3 Å². The predicted molar refractivity (Wildman–Crippen MR) is 75.7 cm³/mol. The number of carboxylic acid groups (broad SMARTS) is 1. The van der Waals surface area contributed by atoms with Crippen molar-refractivity contribution in [3.63, 3.8) is 0 Å². The molecule has 1 heterocycles. The number of benzene rings is 1. The van der Waals surface area contributed by atoms with E-state index in [1.165, 1.54) is 12.1 Å². The van der Waals surface area contributed by atoms with Gasteiger partial charge < -0.3 is 9.67 Å². The minimum Gasteiger partial charge on any atom is -0.481 e. The van der Waals surface area contributed by atoms with Crippen molar-refractivity contribution in [2.75, 3.05) is 0 Å². The van der Waals surface area contributed by atoms with Gasteiger partial charge in [-0.2, -0.15) is 0 Å². The van der Waals surface area contributed by atoms with Crippen molar-refractivity contribution in [3.05, 3.63) is 29.8 Å². The Morgan fingerprint density at radius 3 is 2.76 bits per heavy atom. The highest BCUT2D eigenvalue weighted by Crippen LogP contribution is 2.44. The first-order valence-corrected chi connectivity index (χ1v) is 7.53. The lowest BCUT2D eigenvalue weighted by molar-refractivity contribution is -0.141. The van der Waals surface area contributed by atoms with Crippen LogP contribution in [0, 0.1) is 11.7 Å². The molecule has 4 nitrogen and oxygen atoms in total. The number of halogens is 1. The molecule has 0 amide bonds. The molecule has 2 atom stereocenters. The SMILES string of the molecule is O=C(O)C1CCC(c2nc3cc(F)ccc3n2C2CC2)C1. The van der Waals surface area contributed by atoms with Gasteiger partial charge in [0.15, 0.2) is 0 Å². The molecular formula is C16H17FN2O2. The van der Waals surface area contributed by atoms with E-state index in [0.717, 1.165) is 30.6 Å². The lowest BCUT2D eigenvalue weighted by atomic mass is 10.0. The third kappa shape index (κ3) is 2.11. The van der Waals surface area contributed by atoms with Gasteiger partial charge in [-0.25, -0.2) is 9.37 Å². The van der Waals surface area contributed by atoms with E-state index >= 15 is 0 Å². The zero-order chi connectivity index (χ0) is 14.6. The van der Waals surface area contributed by atoms with E-state index in [1.807, 2.05) is 0 Å². The number of fused-ring (bicyclic) bond motifs is 1. The van der Waals surface area contributed by atoms with Crippen molar-refractivity contribution in [1.82, 2.24) is 9.55 Å². The summed E-state index contributed by atoms with van der Waals surface area (Å²) in [5.41, 5.74) is 1.67. The van der Waals surface area contributed by atoms with E-state index in [0.29, 0.717) is 24.4 Å². The second-order valence-corrected chi connectivity index (χ2v) is 6.25. The van der Waals surface area contributed by atoms with Gasteiger partial charge in [0.2, 0.25) is 0 Å². The molecule has 2 fully saturated rings. The summed E-state index contributed by atoms with van der Waals surface area (Å²) < 4.78 is 15.6. The van der Waals surface area contributed by atoms with Gasteiger partial charge in [0.05, 0.1) is 17.0 Å². The van der Waals surface area contributed by atoms with Crippen molar-refractivity contribution in [2.45, 2.75) is 44.1 Å². The molecular weight excluding hydrogens is 271 g/mol. The fourth-order valence-electron chi connectivity index (χ4n) is 3.54. The number of carbonyl (C=O) groups is 1. The molecule has 21 heavy (non-hydrogen) atoms. The summed E-state index contributed by atoms with van der Waals surface area (Å²) in [5.74, 6) is -0.106. The van der Waals surface area contributed by atoms with Gasteiger partial charge in [-0.1, -0.05) is 0 Å². The minimum atomic E-state index is -0.711. The largest absolute Gasteiger partial charge is 0.481 e. The van der Waals surface area contributed by atoms with Gasteiger partial charge >= 0.3 is 5.97 Å². The number of hydrogen-bond acceptors (Lipinski definition) is 2. The van der Waals surface area contributed by atoms with Crippen LogP contribution in [0.1, 0.15) is 49.9 Å². The monoisotopic (exact) mass is 288 g/mol. The highest BCUT2D eigenvalue weighted by atomic mass is 19.1. The fourth-order valence-corrected chi connectivity index (χ4v) is 3.54. The number of aliphatic carboxylic acids is 1. The molecule has 1 N–H and O–H groups in total. The van der Waals surface area contributed by atoms with Crippen LogP contribution in [0.2, 0.25) is 0 Å². The number of carboxylic acids is 1.